The van der Waals surface area contributed by atoms with Crippen LogP contribution < -0.4 is 11.1 Å². The number of anilines is 1. The Morgan fingerprint density at radius 2 is 1.90 bits per heavy atom. The molecule has 0 bridgehead atoms. The summed E-state index contributed by atoms with van der Waals surface area (Å²) in [4.78, 5) is 23.6. The Morgan fingerprint density at radius 3 is 2.67 bits per heavy atom. The van der Waals surface area contributed by atoms with Crippen molar-refractivity contribution in [2.24, 2.45) is 0 Å². The SMILES string of the molecule is Cc1nc2nc(N)nn2c(C)c1CC(=O)NCc1ccccc1CN1CCOCC1. The molecule has 3 heterocycles. The maximum atomic E-state index is 12.7. The fourth-order valence-corrected chi connectivity index (χ4v) is 3.78. The molecule has 1 amide bonds. The maximum absolute atomic E-state index is 12.7. The van der Waals surface area contributed by atoms with Gasteiger partial charge < -0.3 is 15.8 Å². The molecule has 0 spiro atoms. The topological polar surface area (TPSA) is 111 Å². The number of hydrogen-bond donors (Lipinski definition) is 2. The second-order valence-corrected chi connectivity index (χ2v) is 7.55. The number of nitrogens with zero attached hydrogens (tertiary/aromatic N) is 5. The number of nitrogens with one attached hydrogen (secondary N) is 1. The fraction of sp³-hybridized carbons (Fsp3) is 0.429. The first-order valence-corrected chi connectivity index (χ1v) is 10.1. The van der Waals surface area contributed by atoms with Crippen molar-refractivity contribution < 1.29 is 9.53 Å². The third-order valence-corrected chi connectivity index (χ3v) is 5.49. The number of aryl methyl sites for hydroxylation is 2. The maximum Gasteiger partial charge on any atom is 0.254 e. The van der Waals surface area contributed by atoms with Gasteiger partial charge in [0.2, 0.25) is 11.9 Å². The van der Waals surface area contributed by atoms with Crippen molar-refractivity contribution in [1.29, 1.82) is 0 Å². The number of carbonyl (C=O) groups is 1. The molecule has 9 nitrogen and oxygen atoms in total. The van der Waals surface area contributed by atoms with Gasteiger partial charge in [0.25, 0.3) is 5.78 Å². The highest BCUT2D eigenvalue weighted by atomic mass is 16.5. The zero-order valence-corrected chi connectivity index (χ0v) is 17.4. The van der Waals surface area contributed by atoms with Crippen molar-refractivity contribution in [2.75, 3.05) is 32.0 Å². The number of rotatable bonds is 6. The third-order valence-electron chi connectivity index (χ3n) is 5.49. The minimum absolute atomic E-state index is 0.0587. The number of amides is 1. The summed E-state index contributed by atoms with van der Waals surface area (Å²) in [6.07, 6.45) is 0.228. The van der Waals surface area contributed by atoms with E-state index in [-0.39, 0.29) is 18.3 Å². The Morgan fingerprint density at radius 1 is 1.17 bits per heavy atom. The second kappa shape index (κ2) is 8.76. The molecule has 1 aliphatic heterocycles. The molecule has 1 aromatic carbocycles. The van der Waals surface area contributed by atoms with E-state index in [0.717, 1.165) is 55.4 Å². The van der Waals surface area contributed by atoms with Crippen molar-refractivity contribution in [3.8, 4) is 0 Å². The number of nitrogen functional groups attached to an aromatic ring is 1. The van der Waals surface area contributed by atoms with Gasteiger partial charge in [0.1, 0.15) is 0 Å². The van der Waals surface area contributed by atoms with Crippen LogP contribution in [0.1, 0.15) is 28.1 Å². The Hall–Kier alpha value is -3.04. The molecular formula is C21H27N7O2. The van der Waals surface area contributed by atoms with Crippen LogP contribution in [0.25, 0.3) is 5.78 Å². The quantitative estimate of drug-likeness (QED) is 0.625. The van der Waals surface area contributed by atoms with Crippen LogP contribution in [0.5, 0.6) is 0 Å². The molecule has 1 saturated heterocycles. The van der Waals surface area contributed by atoms with Gasteiger partial charge in [0.05, 0.1) is 19.6 Å². The average molecular weight is 409 g/mol. The lowest BCUT2D eigenvalue weighted by Crippen LogP contribution is -2.36. The molecule has 158 valence electrons. The van der Waals surface area contributed by atoms with Crippen molar-refractivity contribution in [3.05, 3.63) is 52.3 Å². The van der Waals surface area contributed by atoms with Gasteiger partial charge in [-0.05, 0) is 25.0 Å². The number of ether oxygens (including phenoxy) is 1. The summed E-state index contributed by atoms with van der Waals surface area (Å²) >= 11 is 0. The highest BCUT2D eigenvalue weighted by Gasteiger charge is 2.16. The highest BCUT2D eigenvalue weighted by Crippen LogP contribution is 2.16. The number of benzene rings is 1. The van der Waals surface area contributed by atoms with Crippen LogP contribution in [0.15, 0.2) is 24.3 Å². The van der Waals surface area contributed by atoms with Crippen molar-refractivity contribution in [1.82, 2.24) is 29.8 Å². The molecule has 1 aliphatic rings. The Bertz CT molecular complexity index is 1060. The summed E-state index contributed by atoms with van der Waals surface area (Å²) in [6, 6.07) is 8.24. The molecule has 0 saturated carbocycles. The van der Waals surface area contributed by atoms with Crippen LogP contribution in [0.2, 0.25) is 0 Å². The lowest BCUT2D eigenvalue weighted by atomic mass is 10.1. The van der Waals surface area contributed by atoms with Crippen LogP contribution in [0.3, 0.4) is 0 Å². The lowest BCUT2D eigenvalue weighted by molar-refractivity contribution is -0.120. The number of nitrogens with two attached hydrogens (primary N) is 1. The Balaban J connectivity index is 1.43. The first-order chi connectivity index (χ1) is 14.5. The van der Waals surface area contributed by atoms with Crippen LogP contribution in [0.4, 0.5) is 5.95 Å². The summed E-state index contributed by atoms with van der Waals surface area (Å²) < 4.78 is 7.02. The zero-order chi connectivity index (χ0) is 21.1. The van der Waals surface area contributed by atoms with E-state index in [4.69, 9.17) is 10.5 Å². The van der Waals surface area contributed by atoms with Crippen molar-refractivity contribution in [3.63, 3.8) is 0 Å². The van der Waals surface area contributed by atoms with Crippen LogP contribution in [-0.4, -0.2) is 56.7 Å². The molecule has 30 heavy (non-hydrogen) atoms. The average Bonchev–Trinajstić information content (AvgIpc) is 3.11. The lowest BCUT2D eigenvalue weighted by Gasteiger charge is -2.27. The zero-order valence-electron chi connectivity index (χ0n) is 17.4. The highest BCUT2D eigenvalue weighted by molar-refractivity contribution is 5.79. The molecule has 4 rings (SSSR count). The Labute approximate surface area is 175 Å². The molecule has 0 unspecified atom stereocenters. The summed E-state index contributed by atoms with van der Waals surface area (Å²) in [5.41, 5.74) is 10.5. The standard InChI is InChI=1S/C21H27N7O2/c1-14-18(15(2)28-21(24-14)25-20(22)26-28)11-19(29)23-12-16-5-3-4-6-17(16)13-27-7-9-30-10-8-27/h3-6H,7-13H2,1-2H3,(H2,22,26)(H,23,29). The van der Waals surface area contributed by atoms with E-state index in [9.17, 15) is 4.79 Å². The van der Waals surface area contributed by atoms with Gasteiger partial charge in [-0.3, -0.25) is 9.69 Å². The third kappa shape index (κ3) is 4.42. The first-order valence-electron chi connectivity index (χ1n) is 10.1. The minimum atomic E-state index is -0.0587. The van der Waals surface area contributed by atoms with E-state index in [0.29, 0.717) is 12.3 Å². The summed E-state index contributed by atoms with van der Waals surface area (Å²) in [5.74, 6) is 0.559. The molecule has 0 radical (unpaired) electrons. The molecule has 2 aromatic heterocycles. The summed E-state index contributed by atoms with van der Waals surface area (Å²) in [5, 5.41) is 7.21. The van der Waals surface area contributed by atoms with E-state index >= 15 is 0 Å². The number of morpholine rings is 1. The van der Waals surface area contributed by atoms with Crippen molar-refractivity contribution in [2.45, 2.75) is 33.4 Å². The van der Waals surface area contributed by atoms with Gasteiger partial charge in [0.15, 0.2) is 0 Å². The van der Waals surface area contributed by atoms with Crippen molar-refractivity contribution >= 4 is 17.6 Å². The first kappa shape index (κ1) is 20.2. The number of carbonyl (C=O) groups excluding carboxylic acids is 1. The normalized spacial score (nSPS) is 14.9. The smallest absolute Gasteiger partial charge is 0.254 e. The van der Waals surface area contributed by atoms with Crippen LogP contribution in [0, 0.1) is 13.8 Å². The predicted octanol–water partition coefficient (Wildman–Crippen LogP) is 1.01. The molecule has 3 aromatic rings. The Kier molecular flexibility index (Phi) is 5.91. The monoisotopic (exact) mass is 409 g/mol. The molecule has 0 atom stereocenters. The summed E-state index contributed by atoms with van der Waals surface area (Å²) in [7, 11) is 0. The molecule has 9 heteroatoms. The minimum Gasteiger partial charge on any atom is -0.379 e. The van der Waals surface area contributed by atoms with Gasteiger partial charge in [-0.25, -0.2) is 4.98 Å². The van der Waals surface area contributed by atoms with Gasteiger partial charge in [-0.2, -0.15) is 9.50 Å². The largest absolute Gasteiger partial charge is 0.379 e. The fourth-order valence-electron chi connectivity index (χ4n) is 3.78. The molecule has 0 aliphatic carbocycles. The predicted molar refractivity (Wildman–Crippen MR) is 113 cm³/mol. The van der Waals surface area contributed by atoms with Crippen LogP contribution in [-0.2, 0) is 29.0 Å². The van der Waals surface area contributed by atoms with E-state index < -0.39 is 0 Å². The van der Waals surface area contributed by atoms with E-state index in [1.165, 1.54) is 5.56 Å². The van der Waals surface area contributed by atoms with E-state index in [1.54, 1.807) is 4.52 Å². The van der Waals surface area contributed by atoms with Gasteiger partial charge in [-0.15, -0.1) is 5.10 Å². The van der Waals surface area contributed by atoms with E-state index in [1.807, 2.05) is 26.0 Å². The number of fused-ring (bicyclic) bond motifs is 1. The molecular weight excluding hydrogens is 382 g/mol. The molecule has 1 fully saturated rings. The number of aromatic nitrogens is 4. The second-order valence-electron chi connectivity index (χ2n) is 7.55. The molecule has 3 N–H and O–H groups in total. The van der Waals surface area contributed by atoms with Gasteiger partial charge in [0, 0.05) is 43.1 Å². The van der Waals surface area contributed by atoms with E-state index in [2.05, 4.69) is 37.4 Å². The summed E-state index contributed by atoms with van der Waals surface area (Å²) in [6.45, 7) is 8.53. The number of hydrogen-bond acceptors (Lipinski definition) is 7. The van der Waals surface area contributed by atoms with Gasteiger partial charge in [-0.1, -0.05) is 24.3 Å². The van der Waals surface area contributed by atoms with Gasteiger partial charge >= 0.3 is 0 Å². The van der Waals surface area contributed by atoms with Crippen LogP contribution >= 0.6 is 0 Å².